The largest absolute Gasteiger partial charge is 0.462 e. The van der Waals surface area contributed by atoms with Crippen LogP contribution in [0.15, 0.2) is 40.8 Å². The molecule has 0 bridgehead atoms. The topological polar surface area (TPSA) is 77.0 Å². The molecule has 1 aromatic rings. The summed E-state index contributed by atoms with van der Waals surface area (Å²) in [4.78, 5) is 5.00. The highest BCUT2D eigenvalue weighted by molar-refractivity contribution is 5.99. The molecule has 0 saturated carbocycles. The van der Waals surface area contributed by atoms with E-state index in [0.29, 0.717) is 24.3 Å². The Balaban J connectivity index is 1.39. The van der Waals surface area contributed by atoms with Crippen molar-refractivity contribution >= 4 is 11.4 Å². The summed E-state index contributed by atoms with van der Waals surface area (Å²) < 4.78 is 43.0. The molecule has 5 aliphatic rings. The number of hydrogen-bond acceptors (Lipinski definition) is 8. The van der Waals surface area contributed by atoms with E-state index in [-0.39, 0.29) is 0 Å². The molecule has 0 radical (unpaired) electrons. The van der Waals surface area contributed by atoms with Crippen molar-refractivity contribution in [2.75, 3.05) is 0 Å². The Bertz CT molecular complexity index is 999. The summed E-state index contributed by atoms with van der Waals surface area (Å²) in [6, 6.07) is 7.96. The minimum atomic E-state index is -1.11. The predicted octanol–water partition coefficient (Wildman–Crippen LogP) is 3.80. The lowest BCUT2D eigenvalue weighted by Crippen LogP contribution is -2.46. The van der Waals surface area contributed by atoms with Gasteiger partial charge in [0.2, 0.25) is 6.29 Å². The molecule has 5 aliphatic heterocycles. The van der Waals surface area contributed by atoms with E-state index in [4.69, 9.17) is 38.2 Å². The molecule has 6 rings (SSSR count). The molecule has 0 amide bonds. The summed E-state index contributed by atoms with van der Waals surface area (Å²) in [6.07, 6.45) is -0.879. The van der Waals surface area contributed by atoms with E-state index in [2.05, 4.69) is 0 Å². The number of ether oxygens (including phenoxy) is 7. The Kier molecular flexibility index (Phi) is 4.00. The summed E-state index contributed by atoms with van der Waals surface area (Å²) >= 11 is 0. The van der Waals surface area contributed by atoms with Gasteiger partial charge in [-0.05, 0) is 46.2 Å². The zero-order valence-corrected chi connectivity index (χ0v) is 18.3. The van der Waals surface area contributed by atoms with Gasteiger partial charge in [0.1, 0.15) is 11.5 Å². The van der Waals surface area contributed by atoms with Crippen LogP contribution in [0.1, 0.15) is 46.1 Å². The van der Waals surface area contributed by atoms with E-state index in [0.717, 1.165) is 17.0 Å². The number of aryl methyl sites for hydroxylation is 1. The van der Waals surface area contributed by atoms with Crippen LogP contribution in [-0.4, -0.2) is 47.9 Å². The maximum atomic E-state index is 6.53. The normalized spacial score (nSPS) is 40.6. The molecule has 31 heavy (non-hydrogen) atoms. The smallest absolute Gasteiger partial charge is 0.255 e. The molecule has 0 aliphatic carbocycles. The summed E-state index contributed by atoms with van der Waals surface area (Å²) in [7, 11) is 0. The molecule has 1 aromatic carbocycles. The van der Waals surface area contributed by atoms with Gasteiger partial charge in [-0.1, -0.05) is 18.2 Å². The lowest BCUT2D eigenvalue weighted by molar-refractivity contribution is -0.271. The second kappa shape index (κ2) is 6.30. The van der Waals surface area contributed by atoms with Crippen molar-refractivity contribution in [2.24, 2.45) is 4.99 Å². The van der Waals surface area contributed by atoms with Crippen LogP contribution in [-0.2, 0) is 33.2 Å². The van der Waals surface area contributed by atoms with Crippen LogP contribution >= 0.6 is 0 Å². The summed E-state index contributed by atoms with van der Waals surface area (Å²) in [5.41, 5.74) is 2.58. The molecule has 0 aromatic heterocycles. The molecule has 166 valence electrons. The van der Waals surface area contributed by atoms with Gasteiger partial charge >= 0.3 is 0 Å². The van der Waals surface area contributed by atoms with Crippen LogP contribution in [0.25, 0.3) is 0 Å². The Morgan fingerprint density at radius 3 is 2.35 bits per heavy atom. The minimum absolute atomic E-state index is 0.441. The fourth-order valence-corrected chi connectivity index (χ4v) is 4.85. The Labute approximate surface area is 181 Å². The Morgan fingerprint density at radius 1 is 0.871 bits per heavy atom. The second-order valence-electron chi connectivity index (χ2n) is 9.51. The van der Waals surface area contributed by atoms with Gasteiger partial charge in [0.25, 0.3) is 5.79 Å². The molecule has 3 saturated heterocycles. The van der Waals surface area contributed by atoms with E-state index in [1.807, 2.05) is 58.9 Å². The molecule has 0 N–H and O–H groups in total. The van der Waals surface area contributed by atoms with Gasteiger partial charge in [0.05, 0.1) is 5.69 Å². The number of allylic oxidation sites excluding steroid dienone is 1. The first-order valence-corrected chi connectivity index (χ1v) is 10.8. The van der Waals surface area contributed by atoms with E-state index >= 15 is 0 Å². The van der Waals surface area contributed by atoms with Gasteiger partial charge in [-0.25, -0.2) is 4.99 Å². The third-order valence-corrected chi connectivity index (χ3v) is 6.19. The number of fused-ring (bicyclic) bond motifs is 3. The summed E-state index contributed by atoms with van der Waals surface area (Å²) in [5, 5.41) is 0. The van der Waals surface area contributed by atoms with Crippen LogP contribution in [0, 0.1) is 6.92 Å². The predicted molar refractivity (Wildman–Crippen MR) is 108 cm³/mol. The molecule has 5 atom stereocenters. The maximum Gasteiger partial charge on any atom is 0.255 e. The first kappa shape index (κ1) is 19.7. The van der Waals surface area contributed by atoms with E-state index in [1.165, 1.54) is 0 Å². The zero-order valence-electron chi connectivity index (χ0n) is 18.3. The highest BCUT2D eigenvalue weighted by Crippen LogP contribution is 2.51. The second-order valence-corrected chi connectivity index (χ2v) is 9.51. The standard InChI is InChI=1S/C23H27NO7/c1-12-8-6-7-9-13(12)24-18-17-20(30-22(4,5)27-17)31-23(18)11-10-14-15(28-23)16-19(25-14)29-21(2,3)26-16/h6-9,16-17,19-20H,10-11H2,1-5H3/t16-,17-,19-,20+,23+/m1/s1. The van der Waals surface area contributed by atoms with E-state index in [9.17, 15) is 0 Å². The Hall–Kier alpha value is -1.97. The fraction of sp³-hybridized carbons (Fsp3) is 0.609. The summed E-state index contributed by atoms with van der Waals surface area (Å²) in [5.74, 6) is -1.27. The highest BCUT2D eigenvalue weighted by atomic mass is 16.9. The molecular formula is C23H27NO7. The highest BCUT2D eigenvalue weighted by Gasteiger charge is 2.65. The first-order chi connectivity index (χ1) is 14.6. The van der Waals surface area contributed by atoms with Gasteiger partial charge in [-0.2, -0.15) is 0 Å². The maximum absolute atomic E-state index is 6.53. The van der Waals surface area contributed by atoms with Crippen molar-refractivity contribution in [3.05, 3.63) is 41.3 Å². The molecule has 8 heteroatoms. The Morgan fingerprint density at radius 2 is 1.58 bits per heavy atom. The molecular weight excluding hydrogens is 402 g/mol. The van der Waals surface area contributed by atoms with Crippen molar-refractivity contribution in [3.63, 3.8) is 0 Å². The van der Waals surface area contributed by atoms with Crippen molar-refractivity contribution in [2.45, 2.75) is 89.6 Å². The van der Waals surface area contributed by atoms with Gasteiger partial charge in [-0.3, -0.25) is 0 Å². The van der Waals surface area contributed by atoms with Crippen molar-refractivity contribution in [3.8, 4) is 0 Å². The molecule has 1 spiro atoms. The SMILES string of the molecule is Cc1ccccc1N=C1[C@H]2OC(C)(C)O[C@H]2O[C@@]12CCC1=C(O2)[C@H]2OC(C)(C)O[C@H]2O1. The number of benzene rings is 1. The number of para-hydroxylation sites is 1. The van der Waals surface area contributed by atoms with E-state index < -0.39 is 42.1 Å². The molecule has 5 heterocycles. The van der Waals surface area contributed by atoms with Crippen LogP contribution in [0.5, 0.6) is 0 Å². The lowest BCUT2D eigenvalue weighted by atomic mass is 9.98. The molecule has 3 fully saturated rings. The van der Waals surface area contributed by atoms with Gasteiger partial charge in [0, 0.05) is 12.8 Å². The van der Waals surface area contributed by atoms with Crippen molar-refractivity contribution < 1.29 is 33.2 Å². The van der Waals surface area contributed by atoms with Crippen LogP contribution in [0.2, 0.25) is 0 Å². The molecule has 0 unspecified atom stereocenters. The molecule has 8 nitrogen and oxygen atoms in total. The number of aliphatic imine (C=N–C) groups is 1. The van der Waals surface area contributed by atoms with Gasteiger partial charge < -0.3 is 33.2 Å². The minimum Gasteiger partial charge on any atom is -0.462 e. The summed E-state index contributed by atoms with van der Waals surface area (Å²) in [6.45, 7) is 9.49. The average Bonchev–Trinajstić information content (AvgIpc) is 3.33. The third-order valence-electron chi connectivity index (χ3n) is 6.19. The van der Waals surface area contributed by atoms with Crippen LogP contribution in [0.3, 0.4) is 0 Å². The van der Waals surface area contributed by atoms with Gasteiger partial charge in [0.15, 0.2) is 35.8 Å². The fourth-order valence-electron chi connectivity index (χ4n) is 4.85. The van der Waals surface area contributed by atoms with Crippen molar-refractivity contribution in [1.82, 2.24) is 0 Å². The first-order valence-electron chi connectivity index (χ1n) is 10.8. The average molecular weight is 429 g/mol. The monoisotopic (exact) mass is 429 g/mol. The number of nitrogens with zero attached hydrogens (tertiary/aromatic N) is 1. The zero-order chi connectivity index (χ0) is 21.6. The van der Waals surface area contributed by atoms with Crippen molar-refractivity contribution in [1.29, 1.82) is 0 Å². The van der Waals surface area contributed by atoms with Gasteiger partial charge in [-0.15, -0.1) is 0 Å². The number of hydrogen-bond donors (Lipinski definition) is 0. The van der Waals surface area contributed by atoms with Crippen LogP contribution in [0.4, 0.5) is 5.69 Å². The quantitative estimate of drug-likeness (QED) is 0.672. The van der Waals surface area contributed by atoms with E-state index in [1.54, 1.807) is 0 Å². The number of rotatable bonds is 1. The van der Waals surface area contributed by atoms with Crippen LogP contribution < -0.4 is 0 Å². The third kappa shape index (κ3) is 3.04. The lowest BCUT2D eigenvalue weighted by Gasteiger charge is -2.36.